The van der Waals surface area contributed by atoms with Crippen LogP contribution >= 0.6 is 29.3 Å². The summed E-state index contributed by atoms with van der Waals surface area (Å²) in [6.45, 7) is 0. The fourth-order valence-electron chi connectivity index (χ4n) is 4.93. The molecule has 0 spiro atoms. The van der Waals surface area contributed by atoms with Crippen molar-refractivity contribution in [2.45, 2.75) is 6.18 Å². The van der Waals surface area contributed by atoms with E-state index in [0.29, 0.717) is 0 Å². The minimum absolute atomic E-state index is 0.446. The molecule has 0 aliphatic rings. The van der Waals surface area contributed by atoms with Crippen molar-refractivity contribution in [3.63, 3.8) is 0 Å². The van der Waals surface area contributed by atoms with E-state index in [9.17, 15) is 13.2 Å². The molecule has 0 aromatic heterocycles. The van der Waals surface area contributed by atoms with Gasteiger partial charge < -0.3 is 0 Å². The second kappa shape index (κ2) is 21.5. The van der Waals surface area contributed by atoms with Crippen molar-refractivity contribution >= 4 is 61.1 Å². The van der Waals surface area contributed by atoms with Gasteiger partial charge in [-0.3, -0.25) is 0 Å². The van der Waals surface area contributed by atoms with E-state index in [2.05, 4.69) is 219 Å². The Balaban J connectivity index is 0.000000172. The van der Waals surface area contributed by atoms with Crippen molar-refractivity contribution in [3.05, 3.63) is 218 Å². The minimum Gasteiger partial charge on any atom is -0.0622 e. The molecule has 0 aliphatic carbocycles. The average Bonchev–Trinajstić information content (AvgIpc) is 3.19. The Kier molecular flexibility index (Phi) is 16.8. The van der Waals surface area contributed by atoms with Crippen molar-refractivity contribution < 1.29 is 30.4 Å². The van der Waals surface area contributed by atoms with Crippen molar-refractivity contribution in [1.82, 2.24) is 0 Å². The van der Waals surface area contributed by atoms with Gasteiger partial charge in [0.15, 0.2) is 0 Å². The number of halogens is 4. The third-order valence-electron chi connectivity index (χ3n) is 7.13. The summed E-state index contributed by atoms with van der Waals surface area (Å²) >= 11 is 5.35. The van der Waals surface area contributed by atoms with Gasteiger partial charge >= 0.3 is 36.8 Å². The molecule has 50 heavy (non-hydrogen) atoms. The predicted octanol–water partition coefficient (Wildman–Crippen LogP) is 10.2. The molecule has 0 amide bonds. The first-order chi connectivity index (χ1) is 24.5. The SMILES string of the molecule is FC(F)(F)c1cc[c-]cc1.[Br][Pd+].c1ccc(P(c2ccccc2)c2ccccc2)cc1.c1ccc(P(c2ccccc2)c2ccccc2)cc1. The molecule has 0 saturated heterocycles. The van der Waals surface area contributed by atoms with Gasteiger partial charge in [0.2, 0.25) is 0 Å². The molecule has 7 rings (SSSR count). The Morgan fingerprint density at radius 3 is 0.720 bits per heavy atom. The summed E-state index contributed by atoms with van der Waals surface area (Å²) in [6, 6.07) is 71.6. The zero-order chi connectivity index (χ0) is 35.4. The molecule has 0 bridgehead atoms. The van der Waals surface area contributed by atoms with Gasteiger partial charge in [-0.25, -0.2) is 0 Å². The van der Waals surface area contributed by atoms with Crippen LogP contribution in [-0.4, -0.2) is 0 Å². The summed E-state index contributed by atoms with van der Waals surface area (Å²) in [5.41, 5.74) is -0.633. The van der Waals surface area contributed by atoms with Crippen LogP contribution in [0.15, 0.2) is 206 Å². The number of hydrogen-bond acceptors (Lipinski definition) is 0. The largest absolute Gasteiger partial charge is 0.0622 e. The Labute approximate surface area is 313 Å². The van der Waals surface area contributed by atoms with E-state index < -0.39 is 27.6 Å². The molecule has 0 saturated carbocycles. The second-order valence-electron chi connectivity index (χ2n) is 10.5. The summed E-state index contributed by atoms with van der Waals surface area (Å²) in [7, 11) is -0.892. The smallest absolute Gasteiger partial charge is 0.0134 e. The Bertz CT molecular complexity index is 1580. The molecular weight excluding hydrogens is 822 g/mol. The molecule has 7 aromatic carbocycles. The van der Waals surface area contributed by atoms with Crippen LogP contribution in [0.5, 0.6) is 0 Å². The van der Waals surface area contributed by atoms with Gasteiger partial charge in [0.1, 0.15) is 0 Å². The van der Waals surface area contributed by atoms with Crippen LogP contribution in [0.25, 0.3) is 0 Å². The van der Waals surface area contributed by atoms with E-state index in [-0.39, 0.29) is 0 Å². The molecule has 0 unspecified atom stereocenters. The third-order valence-corrected chi connectivity index (χ3v) is 12.0. The average molecular weight is 856 g/mol. The molecule has 0 N–H and O–H groups in total. The summed E-state index contributed by atoms with van der Waals surface area (Å²) < 4.78 is 35.3. The number of hydrogen-bond donors (Lipinski definition) is 0. The van der Waals surface area contributed by atoms with Crippen LogP contribution in [0, 0.1) is 6.07 Å². The molecule has 7 aromatic rings. The van der Waals surface area contributed by atoms with Crippen LogP contribution < -0.4 is 31.8 Å². The zero-order valence-corrected chi connectivity index (χ0v) is 31.8. The second-order valence-corrected chi connectivity index (χ2v) is 14.9. The summed E-state index contributed by atoms with van der Waals surface area (Å²) in [5, 5.41) is 8.39. The van der Waals surface area contributed by atoms with Gasteiger partial charge in [-0.1, -0.05) is 188 Å². The molecule has 0 atom stereocenters. The number of alkyl halides is 3. The van der Waals surface area contributed by atoms with Crippen molar-refractivity contribution in [2.75, 3.05) is 0 Å². The van der Waals surface area contributed by atoms with Gasteiger partial charge in [-0.2, -0.15) is 43.5 Å². The van der Waals surface area contributed by atoms with Gasteiger partial charge in [0.25, 0.3) is 0 Å². The van der Waals surface area contributed by atoms with E-state index in [4.69, 9.17) is 0 Å². The molecule has 254 valence electrons. The Hall–Kier alpha value is -3.67. The van der Waals surface area contributed by atoms with Crippen molar-refractivity contribution in [1.29, 1.82) is 0 Å². The standard InChI is InChI=1S/2C18H15P.C7H4F3.BrH.Pd/c2*1-4-10-16(11-5-1)19(17-12-6-2-7-13-17)18-14-8-3-9-15-18;8-7(9,10)6-4-2-1-3-5-6;;/h2*1-15H;2-5H;1H;/q;;-1;;+2/p-1. The fourth-order valence-corrected chi connectivity index (χ4v) is 9.54. The van der Waals surface area contributed by atoms with Crippen molar-refractivity contribution in [2.24, 2.45) is 0 Å². The number of benzene rings is 7. The Morgan fingerprint density at radius 2 is 0.560 bits per heavy atom. The normalized spacial score (nSPS) is 10.5. The molecule has 0 fully saturated rings. The molecule has 0 heterocycles. The maximum Gasteiger partial charge on any atom is -0.0134 e. The first kappa shape index (κ1) is 39.1. The topological polar surface area (TPSA) is 0 Å². The van der Waals surface area contributed by atoms with Gasteiger partial charge in [-0.05, 0) is 47.7 Å². The first-order valence-electron chi connectivity index (χ1n) is 15.6. The van der Waals surface area contributed by atoms with Gasteiger partial charge in [0, 0.05) is 0 Å². The quantitative estimate of drug-likeness (QED) is 0.0888. The van der Waals surface area contributed by atoms with E-state index in [1.807, 2.05) is 0 Å². The summed E-state index contributed by atoms with van der Waals surface area (Å²) in [4.78, 5) is 0. The van der Waals surface area contributed by atoms with E-state index in [1.54, 1.807) is 0 Å². The van der Waals surface area contributed by atoms with E-state index in [0.717, 1.165) is 12.1 Å². The summed E-state index contributed by atoms with van der Waals surface area (Å²) in [5.74, 6) is 0. The minimum atomic E-state index is -4.23. The van der Waals surface area contributed by atoms with Crippen LogP contribution in [0.1, 0.15) is 5.56 Å². The maximum absolute atomic E-state index is 11.8. The molecule has 0 radical (unpaired) electrons. The van der Waals surface area contributed by atoms with Crippen LogP contribution in [-0.2, 0) is 23.4 Å². The molecule has 7 heteroatoms. The monoisotopic (exact) mass is 854 g/mol. The molecule has 0 nitrogen and oxygen atoms in total. The van der Waals surface area contributed by atoms with Gasteiger partial charge in [0.05, 0.1) is 0 Å². The maximum atomic E-state index is 11.8. The predicted molar refractivity (Wildman–Crippen MR) is 210 cm³/mol. The summed E-state index contributed by atoms with van der Waals surface area (Å²) in [6.07, 6.45) is -4.23. The van der Waals surface area contributed by atoms with E-state index in [1.165, 1.54) is 44.0 Å². The Morgan fingerprint density at radius 1 is 0.360 bits per heavy atom. The van der Waals surface area contributed by atoms with Crippen LogP contribution in [0.4, 0.5) is 13.2 Å². The first-order valence-corrected chi connectivity index (χ1v) is 21.8. The van der Waals surface area contributed by atoms with Crippen LogP contribution in [0.2, 0.25) is 0 Å². The van der Waals surface area contributed by atoms with E-state index >= 15 is 0 Å². The molecule has 0 aliphatic heterocycles. The molecular formula is C43H34BrF3P2Pd. The third kappa shape index (κ3) is 12.3. The zero-order valence-electron chi connectivity index (χ0n) is 26.9. The fraction of sp³-hybridized carbons (Fsp3) is 0.0233. The number of rotatable bonds is 6. The van der Waals surface area contributed by atoms with Gasteiger partial charge in [-0.15, -0.1) is 0 Å². The van der Waals surface area contributed by atoms with Crippen LogP contribution in [0.3, 0.4) is 0 Å². The van der Waals surface area contributed by atoms with Crippen molar-refractivity contribution in [3.8, 4) is 0 Å².